The summed E-state index contributed by atoms with van der Waals surface area (Å²) in [5.74, 6) is -0.118. The van der Waals surface area contributed by atoms with Gasteiger partial charge in [-0.1, -0.05) is 65.2 Å². The van der Waals surface area contributed by atoms with Gasteiger partial charge in [0.25, 0.3) is 0 Å². The summed E-state index contributed by atoms with van der Waals surface area (Å²) in [6.45, 7) is 6.19. The fourth-order valence-electron chi connectivity index (χ4n) is 1.96. The maximum atomic E-state index is 11.3. The van der Waals surface area contributed by atoms with Crippen molar-refractivity contribution in [3.05, 3.63) is 0 Å². The molecular weight excluding hydrogens is 238 g/mol. The van der Waals surface area contributed by atoms with Gasteiger partial charge in [0.1, 0.15) is 0 Å². The molecule has 0 spiro atoms. The van der Waals surface area contributed by atoms with Gasteiger partial charge in [-0.15, -0.1) is 0 Å². The van der Waals surface area contributed by atoms with E-state index in [4.69, 9.17) is 4.74 Å². The van der Waals surface area contributed by atoms with Crippen molar-refractivity contribution in [2.75, 3.05) is 19.7 Å². The van der Waals surface area contributed by atoms with Gasteiger partial charge in [-0.05, 0) is 19.4 Å². The Labute approximate surface area is 119 Å². The average Bonchev–Trinajstić information content (AvgIpc) is 2.41. The molecule has 0 aliphatic heterocycles. The van der Waals surface area contributed by atoms with Crippen LogP contribution in [-0.4, -0.2) is 25.7 Å². The highest BCUT2D eigenvalue weighted by Gasteiger charge is 2.00. The van der Waals surface area contributed by atoms with Crippen LogP contribution in [0.25, 0.3) is 0 Å². The van der Waals surface area contributed by atoms with E-state index in [0.717, 1.165) is 25.8 Å². The van der Waals surface area contributed by atoms with Crippen LogP contribution >= 0.6 is 0 Å². The van der Waals surface area contributed by atoms with Crippen LogP contribution in [0.2, 0.25) is 0 Å². The molecule has 0 aliphatic rings. The second-order valence-corrected chi connectivity index (χ2v) is 5.23. The summed E-state index contributed by atoms with van der Waals surface area (Å²) >= 11 is 0. The second-order valence-electron chi connectivity index (χ2n) is 5.23. The van der Waals surface area contributed by atoms with Crippen molar-refractivity contribution in [1.29, 1.82) is 0 Å². The lowest BCUT2D eigenvalue weighted by atomic mass is 10.1. The molecule has 0 unspecified atom stereocenters. The van der Waals surface area contributed by atoms with Crippen LogP contribution in [0.1, 0.15) is 78.1 Å². The molecule has 1 N–H and O–H groups in total. The topological polar surface area (TPSA) is 38.3 Å². The zero-order valence-electron chi connectivity index (χ0n) is 13.0. The molecule has 0 saturated heterocycles. The van der Waals surface area contributed by atoms with E-state index in [1.165, 1.54) is 44.9 Å². The lowest BCUT2D eigenvalue weighted by Gasteiger charge is -2.05. The minimum atomic E-state index is -0.118. The summed E-state index contributed by atoms with van der Waals surface area (Å²) < 4.78 is 5.06. The van der Waals surface area contributed by atoms with E-state index in [9.17, 15) is 4.79 Å². The SMILES string of the molecule is CCCCCCCCCCNCC(=O)OCCCC. The van der Waals surface area contributed by atoms with Gasteiger partial charge >= 0.3 is 5.97 Å². The molecule has 0 rings (SSSR count). The summed E-state index contributed by atoms with van der Waals surface area (Å²) in [7, 11) is 0. The molecular formula is C16H33NO2. The standard InChI is InChI=1S/C16H33NO2/c1-3-5-7-8-9-10-11-12-13-17-15-16(18)19-14-6-4-2/h17H,3-15H2,1-2H3. The van der Waals surface area contributed by atoms with Gasteiger partial charge in [0, 0.05) is 0 Å². The maximum absolute atomic E-state index is 11.3. The minimum Gasteiger partial charge on any atom is -0.465 e. The van der Waals surface area contributed by atoms with Crippen molar-refractivity contribution in [1.82, 2.24) is 5.32 Å². The number of nitrogens with one attached hydrogen (secondary N) is 1. The number of esters is 1. The van der Waals surface area contributed by atoms with Crippen molar-refractivity contribution in [2.45, 2.75) is 78.1 Å². The number of carbonyl (C=O) groups excluding carboxylic acids is 1. The first-order chi connectivity index (χ1) is 9.31. The van der Waals surface area contributed by atoms with Crippen LogP contribution in [0.4, 0.5) is 0 Å². The number of hydrogen-bond donors (Lipinski definition) is 1. The van der Waals surface area contributed by atoms with Crippen molar-refractivity contribution in [3.8, 4) is 0 Å². The van der Waals surface area contributed by atoms with Crippen LogP contribution < -0.4 is 5.32 Å². The van der Waals surface area contributed by atoms with Crippen LogP contribution in [-0.2, 0) is 9.53 Å². The molecule has 0 aliphatic carbocycles. The highest BCUT2D eigenvalue weighted by atomic mass is 16.5. The molecule has 114 valence electrons. The van der Waals surface area contributed by atoms with E-state index < -0.39 is 0 Å². The lowest BCUT2D eigenvalue weighted by molar-refractivity contribution is -0.142. The van der Waals surface area contributed by atoms with Gasteiger partial charge in [-0.25, -0.2) is 0 Å². The molecule has 0 amide bonds. The monoisotopic (exact) mass is 271 g/mol. The van der Waals surface area contributed by atoms with Crippen LogP contribution in [0.5, 0.6) is 0 Å². The summed E-state index contributed by atoms with van der Waals surface area (Å²) in [6.07, 6.45) is 12.6. The Balaban J connectivity index is 3.07. The molecule has 3 heteroatoms. The Morgan fingerprint density at radius 2 is 1.42 bits per heavy atom. The first-order valence-electron chi connectivity index (χ1n) is 8.17. The summed E-state index contributed by atoms with van der Waals surface area (Å²) in [4.78, 5) is 11.3. The second kappa shape index (κ2) is 15.5. The first-order valence-corrected chi connectivity index (χ1v) is 8.17. The predicted octanol–water partition coefficient (Wildman–Crippen LogP) is 4.06. The van der Waals surface area contributed by atoms with E-state index in [1.807, 2.05) is 0 Å². The Morgan fingerprint density at radius 3 is 2.05 bits per heavy atom. The van der Waals surface area contributed by atoms with E-state index in [2.05, 4.69) is 19.2 Å². The normalized spacial score (nSPS) is 10.6. The predicted molar refractivity (Wildman–Crippen MR) is 81.3 cm³/mol. The molecule has 19 heavy (non-hydrogen) atoms. The molecule has 0 aromatic heterocycles. The lowest BCUT2D eigenvalue weighted by Crippen LogP contribution is -2.25. The number of rotatable bonds is 14. The van der Waals surface area contributed by atoms with Gasteiger partial charge in [-0.3, -0.25) is 4.79 Å². The van der Waals surface area contributed by atoms with Crippen molar-refractivity contribution >= 4 is 5.97 Å². The number of ether oxygens (including phenoxy) is 1. The fraction of sp³-hybridized carbons (Fsp3) is 0.938. The van der Waals surface area contributed by atoms with Gasteiger partial charge in [0.15, 0.2) is 0 Å². The Bertz CT molecular complexity index is 195. The van der Waals surface area contributed by atoms with Gasteiger partial charge in [-0.2, -0.15) is 0 Å². The Hall–Kier alpha value is -0.570. The van der Waals surface area contributed by atoms with Gasteiger partial charge in [0.2, 0.25) is 0 Å². The number of unbranched alkanes of at least 4 members (excludes halogenated alkanes) is 8. The molecule has 0 fully saturated rings. The van der Waals surface area contributed by atoms with E-state index in [0.29, 0.717) is 13.2 Å². The fourth-order valence-corrected chi connectivity index (χ4v) is 1.96. The maximum Gasteiger partial charge on any atom is 0.319 e. The first kappa shape index (κ1) is 18.4. The summed E-state index contributed by atoms with van der Waals surface area (Å²) in [5.41, 5.74) is 0. The highest BCUT2D eigenvalue weighted by Crippen LogP contribution is 2.07. The molecule has 0 atom stereocenters. The number of hydrogen-bond acceptors (Lipinski definition) is 3. The number of carbonyl (C=O) groups is 1. The third-order valence-electron chi connectivity index (χ3n) is 3.24. The summed E-state index contributed by atoms with van der Waals surface area (Å²) in [6, 6.07) is 0. The molecule has 0 aromatic rings. The van der Waals surface area contributed by atoms with Crippen molar-refractivity contribution in [2.24, 2.45) is 0 Å². The smallest absolute Gasteiger partial charge is 0.319 e. The third kappa shape index (κ3) is 15.4. The quantitative estimate of drug-likeness (QED) is 0.382. The van der Waals surface area contributed by atoms with Crippen LogP contribution in [0.15, 0.2) is 0 Å². The molecule has 0 heterocycles. The summed E-state index contributed by atoms with van der Waals surface area (Å²) in [5, 5.41) is 3.15. The molecule has 3 nitrogen and oxygen atoms in total. The largest absolute Gasteiger partial charge is 0.465 e. The van der Waals surface area contributed by atoms with E-state index >= 15 is 0 Å². The third-order valence-corrected chi connectivity index (χ3v) is 3.24. The zero-order chi connectivity index (χ0) is 14.2. The minimum absolute atomic E-state index is 0.118. The highest BCUT2D eigenvalue weighted by molar-refractivity contribution is 5.71. The Kier molecular flexibility index (Phi) is 15.0. The van der Waals surface area contributed by atoms with Crippen LogP contribution in [0.3, 0.4) is 0 Å². The Morgan fingerprint density at radius 1 is 0.842 bits per heavy atom. The molecule has 0 bridgehead atoms. The molecule has 0 aromatic carbocycles. The zero-order valence-corrected chi connectivity index (χ0v) is 13.0. The van der Waals surface area contributed by atoms with Crippen LogP contribution in [0, 0.1) is 0 Å². The van der Waals surface area contributed by atoms with Gasteiger partial charge in [0.05, 0.1) is 13.2 Å². The molecule has 0 saturated carbocycles. The van der Waals surface area contributed by atoms with E-state index in [-0.39, 0.29) is 5.97 Å². The van der Waals surface area contributed by atoms with Crippen molar-refractivity contribution in [3.63, 3.8) is 0 Å². The van der Waals surface area contributed by atoms with E-state index in [1.54, 1.807) is 0 Å². The van der Waals surface area contributed by atoms with Gasteiger partial charge < -0.3 is 10.1 Å². The van der Waals surface area contributed by atoms with Crippen molar-refractivity contribution < 1.29 is 9.53 Å². The average molecular weight is 271 g/mol. The molecule has 0 radical (unpaired) electrons.